The van der Waals surface area contributed by atoms with E-state index in [0.717, 1.165) is 11.2 Å². The predicted molar refractivity (Wildman–Crippen MR) is 74.6 cm³/mol. The zero-order valence-electron chi connectivity index (χ0n) is 9.47. The summed E-state index contributed by atoms with van der Waals surface area (Å²) in [6.07, 6.45) is 0. The molecule has 3 aromatic rings. The van der Waals surface area contributed by atoms with Crippen LogP contribution in [-0.2, 0) is 0 Å². The van der Waals surface area contributed by atoms with Crippen molar-refractivity contribution in [2.24, 2.45) is 0 Å². The molecule has 0 saturated heterocycles. The van der Waals surface area contributed by atoms with E-state index in [1.54, 1.807) is 11.3 Å². The third kappa shape index (κ3) is 1.89. The van der Waals surface area contributed by atoms with Crippen LogP contribution in [0.15, 0.2) is 48.0 Å². The van der Waals surface area contributed by atoms with E-state index in [1.165, 1.54) is 15.8 Å². The summed E-state index contributed by atoms with van der Waals surface area (Å²) in [7, 11) is 1.94. The largest absolute Gasteiger partial charge is 0.388 e. The number of rotatable bonds is 2. The number of fused-ring (bicyclic) bond motifs is 1. The summed E-state index contributed by atoms with van der Waals surface area (Å²) < 4.78 is 1.23. The molecule has 17 heavy (non-hydrogen) atoms. The van der Waals surface area contributed by atoms with Gasteiger partial charge in [0.1, 0.15) is 0 Å². The van der Waals surface area contributed by atoms with Gasteiger partial charge in [0.25, 0.3) is 0 Å². The van der Waals surface area contributed by atoms with Crippen LogP contribution in [0.1, 0.15) is 0 Å². The van der Waals surface area contributed by atoms with E-state index >= 15 is 0 Å². The molecule has 0 aliphatic heterocycles. The van der Waals surface area contributed by atoms with E-state index in [2.05, 4.69) is 52.8 Å². The summed E-state index contributed by atoms with van der Waals surface area (Å²) in [5.41, 5.74) is 6.56. The Morgan fingerprint density at radius 1 is 1.06 bits per heavy atom. The zero-order chi connectivity index (χ0) is 11.7. The van der Waals surface area contributed by atoms with Crippen LogP contribution in [0.25, 0.3) is 21.3 Å². The maximum absolute atomic E-state index is 4.29. The molecule has 84 valence electrons. The molecule has 2 aromatic carbocycles. The molecule has 0 fully saturated rings. The summed E-state index contributed by atoms with van der Waals surface area (Å²) in [5.74, 6) is 0. The molecule has 1 aromatic heterocycles. The van der Waals surface area contributed by atoms with Gasteiger partial charge in [0.15, 0.2) is 0 Å². The van der Waals surface area contributed by atoms with Crippen molar-refractivity contribution >= 4 is 27.2 Å². The van der Waals surface area contributed by atoms with E-state index in [1.807, 2.05) is 12.6 Å². The fourth-order valence-corrected chi connectivity index (χ4v) is 2.61. The molecule has 3 rings (SSSR count). The van der Waals surface area contributed by atoms with Crippen molar-refractivity contribution in [1.29, 1.82) is 0 Å². The van der Waals surface area contributed by atoms with Crippen molar-refractivity contribution in [2.45, 2.75) is 0 Å². The lowest BCUT2D eigenvalue weighted by Crippen LogP contribution is -1.87. The zero-order valence-corrected chi connectivity index (χ0v) is 10.3. The Morgan fingerprint density at radius 3 is 2.82 bits per heavy atom. The number of anilines is 1. The highest BCUT2D eigenvalue weighted by Gasteiger charge is 2.02. The Morgan fingerprint density at radius 2 is 1.94 bits per heavy atom. The molecule has 0 amide bonds. The highest BCUT2D eigenvalue weighted by atomic mass is 32.1. The average molecular weight is 240 g/mol. The molecule has 0 atom stereocenters. The molecule has 1 heterocycles. The van der Waals surface area contributed by atoms with Gasteiger partial charge in [-0.1, -0.05) is 18.2 Å². The van der Waals surface area contributed by atoms with Crippen LogP contribution in [0, 0.1) is 0 Å². The van der Waals surface area contributed by atoms with Crippen LogP contribution in [0.3, 0.4) is 0 Å². The van der Waals surface area contributed by atoms with Gasteiger partial charge in [-0.3, -0.25) is 0 Å². The van der Waals surface area contributed by atoms with Crippen molar-refractivity contribution in [2.75, 3.05) is 12.4 Å². The summed E-state index contributed by atoms with van der Waals surface area (Å²) >= 11 is 1.68. The van der Waals surface area contributed by atoms with E-state index in [0.29, 0.717) is 0 Å². The Kier molecular flexibility index (Phi) is 2.53. The number of nitrogens with one attached hydrogen (secondary N) is 1. The van der Waals surface area contributed by atoms with Crippen LogP contribution >= 0.6 is 11.3 Å². The van der Waals surface area contributed by atoms with Crippen molar-refractivity contribution < 1.29 is 0 Å². The van der Waals surface area contributed by atoms with E-state index in [4.69, 9.17) is 0 Å². The van der Waals surface area contributed by atoms with Crippen LogP contribution in [0.4, 0.5) is 5.69 Å². The standard InChI is InChI=1S/C14H12N2S/c1-15-12-4-2-3-10(7-12)11-5-6-13-14(8-11)17-9-16-13/h2-9,15H,1H3. The number of aromatic nitrogens is 1. The highest BCUT2D eigenvalue weighted by molar-refractivity contribution is 7.16. The molecule has 0 aliphatic rings. The normalized spacial score (nSPS) is 10.6. The van der Waals surface area contributed by atoms with Crippen LogP contribution in [0.5, 0.6) is 0 Å². The first-order chi connectivity index (χ1) is 8.36. The Bertz CT molecular complexity index is 658. The highest BCUT2D eigenvalue weighted by Crippen LogP contribution is 2.27. The van der Waals surface area contributed by atoms with Gasteiger partial charge in [0.05, 0.1) is 15.7 Å². The summed E-state index contributed by atoms with van der Waals surface area (Å²) in [6, 6.07) is 14.8. The number of nitrogens with zero attached hydrogens (tertiary/aromatic N) is 1. The van der Waals surface area contributed by atoms with Gasteiger partial charge < -0.3 is 5.32 Å². The lowest BCUT2D eigenvalue weighted by molar-refractivity contribution is 1.49. The van der Waals surface area contributed by atoms with Gasteiger partial charge in [0, 0.05) is 12.7 Å². The average Bonchev–Trinajstić information content (AvgIpc) is 2.86. The van der Waals surface area contributed by atoms with Crippen molar-refractivity contribution in [3.8, 4) is 11.1 Å². The minimum absolute atomic E-state index is 1.07. The second-order valence-corrected chi connectivity index (χ2v) is 4.75. The van der Waals surface area contributed by atoms with Crippen LogP contribution in [-0.4, -0.2) is 12.0 Å². The molecule has 1 N–H and O–H groups in total. The summed E-state index contributed by atoms with van der Waals surface area (Å²) in [4.78, 5) is 4.29. The van der Waals surface area contributed by atoms with Crippen molar-refractivity contribution in [1.82, 2.24) is 4.98 Å². The van der Waals surface area contributed by atoms with Gasteiger partial charge in [-0.05, 0) is 35.4 Å². The Balaban J connectivity index is 2.12. The summed E-state index contributed by atoms with van der Waals surface area (Å²) in [6.45, 7) is 0. The van der Waals surface area contributed by atoms with Gasteiger partial charge in [0.2, 0.25) is 0 Å². The Hall–Kier alpha value is -1.87. The van der Waals surface area contributed by atoms with E-state index in [9.17, 15) is 0 Å². The quantitative estimate of drug-likeness (QED) is 0.732. The molecule has 0 radical (unpaired) electrons. The molecular weight excluding hydrogens is 228 g/mol. The predicted octanol–water partition coefficient (Wildman–Crippen LogP) is 4.01. The fourth-order valence-electron chi connectivity index (χ4n) is 1.89. The number of hydrogen-bond acceptors (Lipinski definition) is 3. The van der Waals surface area contributed by atoms with Crippen LogP contribution < -0.4 is 5.32 Å². The number of benzene rings is 2. The molecule has 0 unspecified atom stereocenters. The molecule has 0 spiro atoms. The summed E-state index contributed by atoms with van der Waals surface area (Å²) in [5, 5.41) is 3.16. The third-order valence-corrected chi connectivity index (χ3v) is 3.61. The van der Waals surface area contributed by atoms with Crippen molar-refractivity contribution in [3.63, 3.8) is 0 Å². The molecule has 3 heteroatoms. The molecule has 2 nitrogen and oxygen atoms in total. The molecular formula is C14H12N2S. The SMILES string of the molecule is CNc1cccc(-c2ccc3ncsc3c2)c1. The minimum Gasteiger partial charge on any atom is -0.388 e. The fraction of sp³-hybridized carbons (Fsp3) is 0.0714. The second-order valence-electron chi connectivity index (χ2n) is 3.87. The first-order valence-electron chi connectivity index (χ1n) is 5.48. The Labute approximate surface area is 104 Å². The third-order valence-electron chi connectivity index (χ3n) is 2.82. The lowest BCUT2D eigenvalue weighted by atomic mass is 10.1. The van der Waals surface area contributed by atoms with Gasteiger partial charge in [-0.2, -0.15) is 0 Å². The van der Waals surface area contributed by atoms with Gasteiger partial charge in [-0.25, -0.2) is 4.98 Å². The van der Waals surface area contributed by atoms with Gasteiger partial charge in [-0.15, -0.1) is 11.3 Å². The molecule has 0 aliphatic carbocycles. The lowest BCUT2D eigenvalue weighted by Gasteiger charge is -2.05. The van der Waals surface area contributed by atoms with Crippen molar-refractivity contribution in [3.05, 3.63) is 48.0 Å². The van der Waals surface area contributed by atoms with E-state index < -0.39 is 0 Å². The molecule has 0 bridgehead atoms. The monoisotopic (exact) mass is 240 g/mol. The van der Waals surface area contributed by atoms with E-state index in [-0.39, 0.29) is 0 Å². The maximum Gasteiger partial charge on any atom is 0.0812 e. The number of hydrogen-bond donors (Lipinski definition) is 1. The van der Waals surface area contributed by atoms with Gasteiger partial charge >= 0.3 is 0 Å². The smallest absolute Gasteiger partial charge is 0.0812 e. The first-order valence-corrected chi connectivity index (χ1v) is 6.36. The van der Waals surface area contributed by atoms with Crippen LogP contribution in [0.2, 0.25) is 0 Å². The molecule has 0 saturated carbocycles. The topological polar surface area (TPSA) is 24.9 Å². The second kappa shape index (κ2) is 4.18. The minimum atomic E-state index is 1.07. The number of thiazole rings is 1. The maximum atomic E-state index is 4.29. The first kappa shape index (κ1) is 10.3.